The number of anilines is 1. The van der Waals surface area contributed by atoms with Gasteiger partial charge in [-0.25, -0.2) is 14.4 Å². The molecule has 20 heavy (non-hydrogen) atoms. The van der Waals surface area contributed by atoms with Gasteiger partial charge in [-0.3, -0.25) is 9.63 Å². The van der Waals surface area contributed by atoms with E-state index in [9.17, 15) is 9.18 Å². The Hall–Kier alpha value is -1.73. The first-order valence-electron chi connectivity index (χ1n) is 6.21. The van der Waals surface area contributed by atoms with Gasteiger partial charge < -0.3 is 4.90 Å². The quantitative estimate of drug-likeness (QED) is 0.811. The summed E-state index contributed by atoms with van der Waals surface area (Å²) in [5, 5.41) is 2.07. The molecule has 1 aliphatic rings. The predicted molar refractivity (Wildman–Crippen MR) is 75.1 cm³/mol. The first-order valence-corrected chi connectivity index (χ1v) is 7.03. The lowest BCUT2D eigenvalue weighted by Gasteiger charge is -2.39. The van der Waals surface area contributed by atoms with Crippen molar-refractivity contribution in [3.8, 4) is 0 Å². The molecule has 5 nitrogen and oxygen atoms in total. The van der Waals surface area contributed by atoms with Gasteiger partial charge in [0.15, 0.2) is 5.13 Å². The Morgan fingerprint density at radius 2 is 2.30 bits per heavy atom. The Morgan fingerprint density at radius 3 is 3.00 bits per heavy atom. The lowest BCUT2D eigenvalue weighted by molar-refractivity contribution is -0.174. The third-order valence-corrected chi connectivity index (χ3v) is 4.50. The number of hydroxylamine groups is 2. The highest BCUT2D eigenvalue weighted by Gasteiger charge is 2.36. The molecule has 0 radical (unpaired) electrons. The monoisotopic (exact) mass is 295 g/mol. The Kier molecular flexibility index (Phi) is 3.31. The van der Waals surface area contributed by atoms with E-state index in [0.717, 1.165) is 15.3 Å². The molecule has 0 bridgehead atoms. The van der Waals surface area contributed by atoms with Crippen molar-refractivity contribution in [3.63, 3.8) is 0 Å². The van der Waals surface area contributed by atoms with Gasteiger partial charge in [-0.15, -0.1) is 0 Å². The number of benzene rings is 1. The van der Waals surface area contributed by atoms with Crippen molar-refractivity contribution in [3.05, 3.63) is 24.0 Å². The summed E-state index contributed by atoms with van der Waals surface area (Å²) < 4.78 is 14.0. The summed E-state index contributed by atoms with van der Waals surface area (Å²) in [6.45, 7) is 1.24. The molecule has 1 aromatic carbocycles. The van der Waals surface area contributed by atoms with Crippen LogP contribution in [0.2, 0.25) is 0 Å². The molecule has 0 saturated carbocycles. The highest BCUT2D eigenvalue weighted by molar-refractivity contribution is 7.22. The number of hydrogen-bond acceptors (Lipinski definition) is 5. The van der Waals surface area contributed by atoms with Crippen LogP contribution in [0.25, 0.3) is 10.2 Å². The summed E-state index contributed by atoms with van der Waals surface area (Å²) >= 11 is 1.44. The van der Waals surface area contributed by atoms with Crippen molar-refractivity contribution in [1.82, 2.24) is 10.0 Å². The second kappa shape index (κ2) is 4.99. The summed E-state index contributed by atoms with van der Waals surface area (Å²) in [5.74, 6) is -0.356. The van der Waals surface area contributed by atoms with Gasteiger partial charge in [-0.1, -0.05) is 11.3 Å². The standard InChI is InChI=1S/C13H14FN3O2S/c1-16(19-2)12(18)8-6-17(7-8)13-15-10-4-3-9(14)5-11(10)20-13/h3-5,8H,6-7H2,1-2H3. The van der Waals surface area contributed by atoms with E-state index < -0.39 is 0 Å². The zero-order valence-electron chi connectivity index (χ0n) is 11.2. The topological polar surface area (TPSA) is 45.7 Å². The number of hydrogen-bond donors (Lipinski definition) is 0. The third kappa shape index (κ3) is 2.23. The number of thiazole rings is 1. The van der Waals surface area contributed by atoms with Crippen LogP contribution in [0, 0.1) is 11.7 Å². The summed E-state index contributed by atoms with van der Waals surface area (Å²) in [7, 11) is 3.07. The molecule has 106 valence electrons. The molecule has 1 aliphatic heterocycles. The minimum atomic E-state index is -0.258. The number of fused-ring (bicyclic) bond motifs is 1. The number of aromatic nitrogens is 1. The average molecular weight is 295 g/mol. The second-order valence-electron chi connectivity index (χ2n) is 4.73. The normalized spacial score (nSPS) is 15.4. The number of carbonyl (C=O) groups is 1. The van der Waals surface area contributed by atoms with Gasteiger partial charge in [0.2, 0.25) is 0 Å². The lowest BCUT2D eigenvalue weighted by Crippen LogP contribution is -2.53. The molecule has 3 rings (SSSR count). The van der Waals surface area contributed by atoms with Crippen LogP contribution in [0.4, 0.5) is 9.52 Å². The fraction of sp³-hybridized carbons (Fsp3) is 0.385. The van der Waals surface area contributed by atoms with Crippen LogP contribution >= 0.6 is 11.3 Å². The molecule has 1 fully saturated rings. The summed E-state index contributed by atoms with van der Waals surface area (Å²) in [6.07, 6.45) is 0. The predicted octanol–water partition coefficient (Wildman–Crippen LogP) is 1.89. The van der Waals surface area contributed by atoms with Crippen molar-refractivity contribution in [2.45, 2.75) is 0 Å². The SMILES string of the molecule is CON(C)C(=O)C1CN(c2nc3ccc(F)cc3s2)C1. The molecule has 1 saturated heterocycles. The zero-order valence-corrected chi connectivity index (χ0v) is 12.0. The lowest BCUT2D eigenvalue weighted by atomic mass is 10.0. The van der Waals surface area contributed by atoms with E-state index in [0.29, 0.717) is 13.1 Å². The van der Waals surface area contributed by atoms with E-state index in [1.54, 1.807) is 13.1 Å². The highest BCUT2D eigenvalue weighted by atomic mass is 32.1. The van der Waals surface area contributed by atoms with Gasteiger partial charge >= 0.3 is 0 Å². The van der Waals surface area contributed by atoms with Crippen molar-refractivity contribution in [2.24, 2.45) is 5.92 Å². The Morgan fingerprint density at radius 1 is 1.55 bits per heavy atom. The van der Waals surface area contributed by atoms with E-state index >= 15 is 0 Å². The van der Waals surface area contributed by atoms with Gasteiger partial charge in [0.05, 0.1) is 23.2 Å². The van der Waals surface area contributed by atoms with Crippen LogP contribution < -0.4 is 4.90 Å². The molecule has 2 aromatic rings. The minimum Gasteiger partial charge on any atom is -0.346 e. The maximum atomic E-state index is 13.1. The molecular weight excluding hydrogens is 281 g/mol. The van der Waals surface area contributed by atoms with Gasteiger partial charge in [0.1, 0.15) is 5.82 Å². The number of rotatable bonds is 3. The van der Waals surface area contributed by atoms with E-state index in [1.807, 2.05) is 4.90 Å². The number of nitrogens with zero attached hydrogens (tertiary/aromatic N) is 3. The van der Waals surface area contributed by atoms with Gasteiger partial charge in [0.25, 0.3) is 5.91 Å². The highest BCUT2D eigenvalue weighted by Crippen LogP contribution is 2.33. The summed E-state index contributed by atoms with van der Waals surface area (Å²) in [4.78, 5) is 23.2. The van der Waals surface area contributed by atoms with Gasteiger partial charge in [-0.2, -0.15) is 0 Å². The Bertz CT molecular complexity index is 654. The van der Waals surface area contributed by atoms with Crippen molar-refractivity contribution in [1.29, 1.82) is 0 Å². The van der Waals surface area contributed by atoms with Gasteiger partial charge in [0, 0.05) is 20.1 Å². The maximum Gasteiger partial charge on any atom is 0.252 e. The Balaban J connectivity index is 1.71. The van der Waals surface area contributed by atoms with Crippen LogP contribution in [0.3, 0.4) is 0 Å². The van der Waals surface area contributed by atoms with Crippen molar-refractivity contribution >= 4 is 32.6 Å². The smallest absolute Gasteiger partial charge is 0.252 e. The molecular formula is C13H14FN3O2S. The van der Waals surface area contributed by atoms with Crippen LogP contribution in [0.1, 0.15) is 0 Å². The Labute approximate surface area is 119 Å². The van der Waals surface area contributed by atoms with Crippen LogP contribution in [0.15, 0.2) is 18.2 Å². The third-order valence-electron chi connectivity index (χ3n) is 3.42. The molecule has 1 aromatic heterocycles. The van der Waals surface area contributed by atoms with Crippen LogP contribution in [-0.4, -0.2) is 43.2 Å². The second-order valence-corrected chi connectivity index (χ2v) is 5.74. The summed E-state index contributed by atoms with van der Waals surface area (Å²) in [5.41, 5.74) is 0.787. The fourth-order valence-electron chi connectivity index (χ4n) is 2.16. The van der Waals surface area contributed by atoms with E-state index in [2.05, 4.69) is 4.98 Å². The first-order chi connectivity index (χ1) is 9.58. The van der Waals surface area contributed by atoms with Crippen molar-refractivity contribution in [2.75, 3.05) is 32.1 Å². The number of halogens is 1. The maximum absolute atomic E-state index is 13.1. The average Bonchev–Trinajstić information content (AvgIpc) is 2.78. The van der Waals surface area contributed by atoms with Crippen LogP contribution in [0.5, 0.6) is 0 Å². The molecule has 0 atom stereocenters. The molecule has 2 heterocycles. The molecule has 0 unspecified atom stereocenters. The molecule has 1 amide bonds. The number of carbonyl (C=O) groups excluding carboxylic acids is 1. The first kappa shape index (κ1) is 13.3. The van der Waals surface area contributed by atoms with E-state index in [-0.39, 0.29) is 17.6 Å². The molecule has 7 heteroatoms. The van der Waals surface area contributed by atoms with E-state index in [1.165, 1.54) is 35.6 Å². The number of amides is 1. The largest absolute Gasteiger partial charge is 0.346 e. The molecule has 0 spiro atoms. The zero-order chi connectivity index (χ0) is 14.3. The summed E-state index contributed by atoms with van der Waals surface area (Å²) in [6, 6.07) is 4.56. The molecule has 0 N–H and O–H groups in total. The molecule has 0 aliphatic carbocycles. The van der Waals surface area contributed by atoms with E-state index in [4.69, 9.17) is 4.84 Å². The fourth-order valence-corrected chi connectivity index (χ4v) is 3.17. The minimum absolute atomic E-state index is 0.0316. The van der Waals surface area contributed by atoms with Crippen molar-refractivity contribution < 1.29 is 14.0 Å². The van der Waals surface area contributed by atoms with Crippen LogP contribution in [-0.2, 0) is 9.63 Å². The van der Waals surface area contributed by atoms with Gasteiger partial charge in [-0.05, 0) is 18.2 Å².